The molecule has 0 aliphatic heterocycles. The van der Waals surface area contributed by atoms with E-state index in [4.69, 9.17) is 6.80 Å². The van der Waals surface area contributed by atoms with Crippen molar-refractivity contribution in [1.29, 1.82) is 0 Å². The first kappa shape index (κ1) is 9.06. The normalized spacial score (nSPS) is 12.6. The van der Waals surface area contributed by atoms with Gasteiger partial charge in [0.2, 0.25) is 0 Å². The van der Waals surface area contributed by atoms with Gasteiger partial charge < -0.3 is 0 Å². The number of hydrogen-bond donors (Lipinski definition) is 0. The van der Waals surface area contributed by atoms with Crippen molar-refractivity contribution in [3.63, 3.8) is 0 Å². The molecule has 0 aromatic heterocycles. The van der Waals surface area contributed by atoms with Gasteiger partial charge in [-0.15, -0.1) is 0 Å². The van der Waals surface area contributed by atoms with Crippen molar-refractivity contribution in [3.8, 4) is 0 Å². The van der Waals surface area contributed by atoms with E-state index in [9.17, 15) is 0 Å². The Balaban J connectivity index is 0.000000148. The van der Waals surface area contributed by atoms with Crippen LogP contribution in [0.15, 0.2) is 24.3 Å². The second-order valence-electron chi connectivity index (χ2n) is 1.29. The molecule has 1 rings (SSSR count). The molecule has 0 bridgehead atoms. The summed E-state index contributed by atoms with van der Waals surface area (Å²) in [7, 11) is 4.33. The van der Waals surface area contributed by atoms with Crippen molar-refractivity contribution in [2.45, 2.75) is 6.42 Å². The van der Waals surface area contributed by atoms with Crippen LogP contribution in [0.25, 0.3) is 0 Å². The fraction of sp³-hybridized carbons (Fsp3) is 0.200. The molecule has 0 radical (unpaired) electrons. The summed E-state index contributed by atoms with van der Waals surface area (Å²) in [5.74, 6) is 0. The van der Waals surface area contributed by atoms with Gasteiger partial charge in [0.05, 0.1) is 0 Å². The van der Waals surface area contributed by atoms with Crippen molar-refractivity contribution < 1.29 is 23.0 Å². The van der Waals surface area contributed by atoms with E-state index in [1.807, 2.05) is 0 Å². The molecule has 0 aromatic carbocycles. The summed E-state index contributed by atoms with van der Waals surface area (Å²) < 4.78 is 17.8. The fourth-order valence-electron chi connectivity index (χ4n) is 0.393. The Morgan fingerprint density at radius 3 is 1.67 bits per heavy atom. The molecule has 4 heteroatoms. The third-order valence-corrected chi connectivity index (χ3v) is 0.655. The molecule has 0 N–H and O–H groups in total. The number of allylic oxidation sites excluding steroid dienone is 4. The first-order chi connectivity index (χ1) is 4.23. The molecular formula is C5H6ClMoO2. The van der Waals surface area contributed by atoms with Crippen LogP contribution in [-0.4, -0.2) is 0 Å². The molecule has 0 spiro atoms. The molecule has 0 fully saturated rings. The SMILES string of the molecule is C1=CCC=C1.[O]=[Mo](=[O])[Cl]. The Morgan fingerprint density at radius 2 is 1.56 bits per heavy atom. The quantitative estimate of drug-likeness (QED) is 0.595. The van der Waals surface area contributed by atoms with Crippen LogP contribution in [0.2, 0.25) is 0 Å². The van der Waals surface area contributed by atoms with Gasteiger partial charge >= 0.3 is 32.4 Å². The summed E-state index contributed by atoms with van der Waals surface area (Å²) in [4.78, 5) is 0. The van der Waals surface area contributed by atoms with E-state index in [-0.39, 0.29) is 0 Å². The van der Waals surface area contributed by atoms with Gasteiger partial charge in [0, 0.05) is 0 Å². The van der Waals surface area contributed by atoms with Crippen LogP contribution in [0.5, 0.6) is 0 Å². The molecule has 0 amide bonds. The third-order valence-electron chi connectivity index (χ3n) is 0.655. The van der Waals surface area contributed by atoms with E-state index in [0.29, 0.717) is 0 Å². The zero-order valence-electron chi connectivity index (χ0n) is 4.62. The van der Waals surface area contributed by atoms with Crippen molar-refractivity contribution in [3.05, 3.63) is 24.3 Å². The molecular weight excluding hydrogens is 223 g/mol. The van der Waals surface area contributed by atoms with Crippen molar-refractivity contribution in [2.24, 2.45) is 0 Å². The van der Waals surface area contributed by atoms with Crippen LogP contribution in [0, 0.1) is 0 Å². The molecule has 0 aromatic rings. The second-order valence-corrected chi connectivity index (χ2v) is 3.73. The minimum absolute atomic E-state index is 1.14. The monoisotopic (exact) mass is 231 g/mol. The molecule has 0 unspecified atom stereocenters. The average molecular weight is 229 g/mol. The fourth-order valence-corrected chi connectivity index (χ4v) is 0.393. The van der Waals surface area contributed by atoms with Gasteiger partial charge in [-0.1, -0.05) is 24.3 Å². The Kier molecular flexibility index (Phi) is 6.22. The van der Waals surface area contributed by atoms with Crippen LogP contribution in [-0.2, 0) is 23.0 Å². The number of halogens is 1. The molecule has 9 heavy (non-hydrogen) atoms. The molecule has 0 atom stereocenters. The standard InChI is InChI=1S/C5H6.ClH.Mo.2O/c1-2-4-5-3-1;;;;/h1-4H,5H2;1H;;;/q;;+1;;/p-1. The zero-order chi connectivity index (χ0) is 7.11. The molecule has 0 saturated heterocycles. The van der Waals surface area contributed by atoms with E-state index < -0.39 is 16.2 Å². The summed E-state index contributed by atoms with van der Waals surface area (Å²) >= 11 is -3.38. The van der Waals surface area contributed by atoms with Gasteiger partial charge in [-0.05, 0) is 6.42 Å². The van der Waals surface area contributed by atoms with Gasteiger partial charge in [0.1, 0.15) is 0 Å². The predicted octanol–water partition coefficient (Wildman–Crippen LogP) is 1.95. The molecule has 0 saturated carbocycles. The Labute approximate surface area is 63.3 Å². The Bertz CT molecular complexity index is 163. The second kappa shape index (κ2) is 6.18. The predicted molar refractivity (Wildman–Crippen MR) is 30.1 cm³/mol. The molecule has 1 aliphatic carbocycles. The topological polar surface area (TPSA) is 34.1 Å². The molecule has 1 aliphatic rings. The van der Waals surface area contributed by atoms with Crippen molar-refractivity contribution in [1.82, 2.24) is 0 Å². The van der Waals surface area contributed by atoms with Gasteiger partial charge in [-0.3, -0.25) is 0 Å². The molecule has 2 nitrogen and oxygen atoms in total. The zero-order valence-corrected chi connectivity index (χ0v) is 7.38. The van der Waals surface area contributed by atoms with E-state index in [1.54, 1.807) is 0 Å². The Morgan fingerprint density at radius 1 is 1.22 bits per heavy atom. The summed E-state index contributed by atoms with van der Waals surface area (Å²) in [6, 6.07) is 0. The van der Waals surface area contributed by atoms with E-state index in [0.717, 1.165) is 6.42 Å². The van der Waals surface area contributed by atoms with E-state index in [1.165, 1.54) is 0 Å². The van der Waals surface area contributed by atoms with Gasteiger partial charge in [-0.2, -0.15) is 0 Å². The van der Waals surface area contributed by atoms with Crippen LogP contribution < -0.4 is 0 Å². The van der Waals surface area contributed by atoms with Crippen LogP contribution in [0.4, 0.5) is 0 Å². The maximum atomic E-state index is 8.91. The van der Waals surface area contributed by atoms with Crippen molar-refractivity contribution in [2.75, 3.05) is 0 Å². The first-order valence-electron chi connectivity index (χ1n) is 2.30. The van der Waals surface area contributed by atoms with Gasteiger partial charge in [-0.25, -0.2) is 0 Å². The summed E-state index contributed by atoms with van der Waals surface area (Å²) in [5, 5.41) is 0. The third kappa shape index (κ3) is 11.6. The van der Waals surface area contributed by atoms with Crippen LogP contribution >= 0.6 is 9.42 Å². The average Bonchev–Trinajstić information content (AvgIpc) is 2.11. The molecule has 51 valence electrons. The maximum absolute atomic E-state index is 8.91. The van der Waals surface area contributed by atoms with Crippen LogP contribution in [0.1, 0.15) is 6.42 Å². The summed E-state index contributed by atoms with van der Waals surface area (Å²) in [6.07, 6.45) is 9.50. The van der Waals surface area contributed by atoms with E-state index in [2.05, 4.69) is 33.7 Å². The van der Waals surface area contributed by atoms with Crippen molar-refractivity contribution >= 4 is 9.42 Å². The number of rotatable bonds is 0. The van der Waals surface area contributed by atoms with Gasteiger partial charge in [0.25, 0.3) is 0 Å². The van der Waals surface area contributed by atoms with Crippen LogP contribution in [0.3, 0.4) is 0 Å². The summed E-state index contributed by atoms with van der Waals surface area (Å²) in [5.41, 5.74) is 0. The van der Waals surface area contributed by atoms with Gasteiger partial charge in [0.15, 0.2) is 0 Å². The number of hydrogen-bond acceptors (Lipinski definition) is 2. The van der Waals surface area contributed by atoms with E-state index >= 15 is 0 Å². The summed E-state index contributed by atoms with van der Waals surface area (Å²) in [6.45, 7) is 0. The minimum atomic E-state index is -3.38. The first-order valence-corrected chi connectivity index (χ1v) is 6.53. The molecule has 0 heterocycles. The Hall–Kier alpha value is 0.0583.